The van der Waals surface area contributed by atoms with Gasteiger partial charge in [0.15, 0.2) is 0 Å². The Labute approximate surface area is 767 Å². The van der Waals surface area contributed by atoms with Crippen LogP contribution in [0.1, 0.15) is 25.0 Å². The molecule has 2 atom stereocenters. The molecule has 0 N–H and O–H groups in total. The molecule has 0 saturated carbocycles. The summed E-state index contributed by atoms with van der Waals surface area (Å²) >= 11 is 22.6. The maximum atomic E-state index is 7.36. The van der Waals surface area contributed by atoms with Crippen LogP contribution in [-0.2, 0) is 5.41 Å². The molecule has 0 spiro atoms. The SMILES string of the molecule is CC(C)(c1ccc(OP2(Oc3ccc(I)cc3)=NP(Oc3ccc(I)cc3)(Oc3ccc(I)cc3)=NP(Oc3ccc(I)cc3)(Oc3ccc(I)cc3)=N2)cc1)c1ccc(OP2(Oc3ccc(I)cc3)=NP(Oc3ccc(I)cc3)(Oc3ccc(I)cc3)=NP(Oc3ccc(I)cc3)(Oc3ccc(I)cc3)=N2)cc1. The highest BCUT2D eigenvalue weighted by molar-refractivity contribution is 14.1. The van der Waals surface area contributed by atoms with Crippen LogP contribution in [0.4, 0.5) is 0 Å². The van der Waals surface area contributed by atoms with Gasteiger partial charge < -0.3 is 54.3 Å². The average molecular weight is 2690 g/mol. The van der Waals surface area contributed by atoms with E-state index in [0.29, 0.717) is 69.0 Å². The molecule has 0 aromatic heterocycles. The van der Waals surface area contributed by atoms with Crippen molar-refractivity contribution >= 4 is 272 Å². The highest BCUT2D eigenvalue weighted by Gasteiger charge is 2.51. The Balaban J connectivity index is 0.894. The zero-order valence-electron chi connectivity index (χ0n) is 56.3. The van der Waals surface area contributed by atoms with E-state index in [4.69, 9.17) is 81.4 Å². The van der Waals surface area contributed by atoms with E-state index in [-0.39, 0.29) is 0 Å². The van der Waals surface area contributed by atoms with Gasteiger partial charge in [-0.3, -0.25) is 0 Å². The molecule has 12 aromatic carbocycles. The highest BCUT2D eigenvalue weighted by Crippen LogP contribution is 2.81. The van der Waals surface area contributed by atoms with E-state index in [1.165, 1.54) is 0 Å². The minimum atomic E-state index is -4.26. The zero-order chi connectivity index (χ0) is 76.0. The molecule has 0 bridgehead atoms. The Hall–Kier alpha value is -3.08. The van der Waals surface area contributed by atoms with E-state index in [2.05, 4.69) is 240 Å². The fraction of sp³-hybridized carbons (Fsp3) is 0.0400. The Morgan fingerprint density at radius 2 is 0.257 bits per heavy atom. The van der Waals surface area contributed by atoms with E-state index >= 15 is 0 Å². The quantitative estimate of drug-likeness (QED) is 0.0370. The first-order chi connectivity index (χ1) is 52.3. The number of rotatable bonds is 26. The van der Waals surface area contributed by atoms with Crippen LogP contribution >= 0.6 is 272 Å². The molecule has 2 unspecified atom stereocenters. The van der Waals surface area contributed by atoms with Gasteiger partial charge in [-0.2, -0.15) is 0 Å². The lowest BCUT2D eigenvalue weighted by atomic mass is 9.78. The van der Waals surface area contributed by atoms with E-state index in [1.807, 2.05) is 291 Å². The maximum Gasteiger partial charge on any atom is 0.460 e. The number of nitrogens with zero attached hydrogens (tertiary/aromatic N) is 6. The minimum Gasteiger partial charge on any atom is -0.413 e. The summed E-state index contributed by atoms with van der Waals surface area (Å²) in [5, 5.41) is 0. The molecule has 0 saturated heterocycles. The molecule has 0 radical (unpaired) electrons. The molecule has 2 heterocycles. The molecule has 14 rings (SSSR count). The maximum absolute atomic E-state index is 7.36. The number of hydrogen-bond donors (Lipinski definition) is 0. The summed E-state index contributed by atoms with van der Waals surface area (Å²) in [5.74, 6) is 4.74. The van der Waals surface area contributed by atoms with Crippen LogP contribution in [0.2, 0.25) is 0 Å². The normalized spacial score (nSPS) is 17.1. The molecule has 2 aliphatic rings. The Kier molecular flexibility index (Phi) is 27.4. The van der Waals surface area contributed by atoms with Crippen molar-refractivity contribution in [2.45, 2.75) is 19.3 Å². The summed E-state index contributed by atoms with van der Waals surface area (Å²) in [5.41, 5.74) is 1.15. The summed E-state index contributed by atoms with van der Waals surface area (Å²) in [6, 6.07) is 90.8. The smallest absolute Gasteiger partial charge is 0.413 e. The van der Waals surface area contributed by atoms with Gasteiger partial charge in [-0.15, -0.1) is 0 Å². The summed E-state index contributed by atoms with van der Waals surface area (Å²) in [4.78, 5) is 0. The van der Waals surface area contributed by atoms with Crippen molar-refractivity contribution in [2.75, 3.05) is 0 Å². The highest BCUT2D eigenvalue weighted by atomic mass is 127. The molecule has 556 valence electrons. The van der Waals surface area contributed by atoms with Gasteiger partial charge >= 0.3 is 46.0 Å². The van der Waals surface area contributed by atoms with Gasteiger partial charge in [-0.1, -0.05) is 65.2 Å². The van der Waals surface area contributed by atoms with Gasteiger partial charge in [0, 0.05) is 41.1 Å². The Morgan fingerprint density at radius 1 is 0.165 bits per heavy atom. The summed E-state index contributed by atoms with van der Waals surface area (Å²) in [6.07, 6.45) is 0. The van der Waals surface area contributed by atoms with Crippen molar-refractivity contribution < 1.29 is 54.3 Å². The molecule has 0 aliphatic carbocycles. The van der Waals surface area contributed by atoms with Crippen LogP contribution in [0, 0.1) is 35.7 Å². The monoisotopic (exact) mass is 2690 g/mol. The number of halogens is 10. The van der Waals surface area contributed by atoms with Gasteiger partial charge in [0.25, 0.3) is 0 Å². The molecule has 109 heavy (non-hydrogen) atoms. The van der Waals surface area contributed by atoms with Gasteiger partial charge in [0.05, 0.1) is 0 Å². The second-order valence-corrected chi connectivity index (χ2v) is 48.6. The third-order valence-corrected chi connectivity index (χ3v) is 38.8. The minimum absolute atomic E-state index is 0.348. The Bertz CT molecular complexity index is 4890. The lowest BCUT2D eigenvalue weighted by Crippen LogP contribution is -2.18. The molecule has 34 heteroatoms. The largest absolute Gasteiger partial charge is 0.460 e. The second kappa shape index (κ2) is 36.2. The van der Waals surface area contributed by atoms with Crippen molar-refractivity contribution in [3.05, 3.63) is 338 Å². The molecule has 2 aliphatic heterocycles. The van der Waals surface area contributed by atoms with Crippen molar-refractivity contribution in [3.8, 4) is 69.0 Å². The van der Waals surface area contributed by atoms with Crippen LogP contribution in [0.25, 0.3) is 0 Å². The molecular formula is C75H54I10N6O12P6. The molecule has 0 fully saturated rings. The lowest BCUT2D eigenvalue weighted by molar-refractivity contribution is 0.440. The van der Waals surface area contributed by atoms with Crippen LogP contribution in [0.3, 0.4) is 0 Å². The van der Waals surface area contributed by atoms with E-state index in [1.54, 1.807) is 0 Å². The fourth-order valence-electron chi connectivity index (χ4n) is 10.1. The molecule has 12 aromatic rings. The van der Waals surface area contributed by atoms with Gasteiger partial charge in [-0.25, -0.2) is 0 Å². The van der Waals surface area contributed by atoms with Gasteiger partial charge in [0.1, 0.15) is 69.0 Å². The summed E-state index contributed by atoms with van der Waals surface area (Å²) in [7, 11) is -25.3. The van der Waals surface area contributed by atoms with Crippen molar-refractivity contribution in [3.63, 3.8) is 0 Å². The zero-order valence-corrected chi connectivity index (χ0v) is 83.2. The van der Waals surface area contributed by atoms with E-state index in [9.17, 15) is 0 Å². The Morgan fingerprint density at radius 3 is 0.358 bits per heavy atom. The van der Waals surface area contributed by atoms with Crippen molar-refractivity contribution in [1.82, 2.24) is 0 Å². The first-order valence-corrected chi connectivity index (χ1v) is 52.3. The molecule has 18 nitrogen and oxygen atoms in total. The predicted octanol–water partition coefficient (Wildman–Crippen LogP) is 31.3. The van der Waals surface area contributed by atoms with Crippen molar-refractivity contribution in [1.29, 1.82) is 0 Å². The van der Waals surface area contributed by atoms with Crippen LogP contribution in [0.5, 0.6) is 69.0 Å². The van der Waals surface area contributed by atoms with E-state index < -0.39 is 51.4 Å². The summed E-state index contributed by atoms with van der Waals surface area (Å²) < 4.78 is 129. The summed E-state index contributed by atoms with van der Waals surface area (Å²) in [6.45, 7) is 4.28. The topological polar surface area (TPSA) is 185 Å². The lowest BCUT2D eigenvalue weighted by Gasteiger charge is -2.33. The second-order valence-electron chi connectivity index (χ2n) is 23.8. The third-order valence-electron chi connectivity index (χ3n) is 15.3. The van der Waals surface area contributed by atoms with Gasteiger partial charge in [-0.05, 0) is 504 Å². The molecule has 0 amide bonds. The number of hydrogen-bond acceptors (Lipinski definition) is 18. The molecular weight excluding hydrogens is 2630 g/mol. The van der Waals surface area contributed by atoms with E-state index in [0.717, 1.165) is 46.8 Å². The van der Waals surface area contributed by atoms with Crippen LogP contribution in [0.15, 0.2) is 318 Å². The first-order valence-electron chi connectivity index (χ1n) is 32.3. The fourth-order valence-corrected chi connectivity index (χ4v) is 31.9. The van der Waals surface area contributed by atoms with Gasteiger partial charge in [0.2, 0.25) is 0 Å². The standard InChI is InChI=1S/C75H54I10N6O12P6/c1-75(2,51-3-27-63(28-4-51)92-104(94-65-31-7-53(76)8-32-65)86-106(96-67-35-11-55(78)12-36-67,97-68-37-13-56(79)14-38-68)90-107(87-104,98-69-39-15-57(80)16-40-69)99-70-41-17-58(81)18-42-70)52-5-29-64(30-6-52)93-105(95-66-33-9-54(77)10-34-66)88-108(100-71-43-19-59(82)20-44-71,101-72-45-21-60(83)22-46-72)91-109(89-105,102-73-47-23-61(84)24-48-73)103-74-49-25-62(85)26-50-74/h3-50H,1-2H3. The van der Waals surface area contributed by atoms with Crippen LogP contribution < -0.4 is 54.3 Å². The third kappa shape index (κ3) is 22.0. The average Bonchev–Trinajstić information content (AvgIpc) is 0.734. The van der Waals surface area contributed by atoms with Crippen LogP contribution in [-0.4, -0.2) is 0 Å². The predicted molar refractivity (Wildman–Crippen MR) is 520 cm³/mol. The first kappa shape index (κ1) is 82.4. The number of benzene rings is 12. The van der Waals surface area contributed by atoms with Crippen molar-refractivity contribution in [2.24, 2.45) is 27.1 Å².